The summed E-state index contributed by atoms with van der Waals surface area (Å²) >= 11 is 0. The number of hydrogen-bond acceptors (Lipinski definition) is 4. The minimum absolute atomic E-state index is 0.0113. The Morgan fingerprint density at radius 3 is 2.06 bits per heavy atom. The van der Waals surface area contributed by atoms with E-state index in [1.165, 1.54) is 0 Å². The predicted octanol–water partition coefficient (Wildman–Crippen LogP) is 2.49. The highest BCUT2D eigenvalue weighted by Gasteiger charge is 2.53. The summed E-state index contributed by atoms with van der Waals surface area (Å²) in [4.78, 5) is 57.5. The van der Waals surface area contributed by atoms with Gasteiger partial charge in [0.2, 0.25) is 11.8 Å². The lowest BCUT2D eigenvalue weighted by molar-refractivity contribution is -0.143. The van der Waals surface area contributed by atoms with Crippen LogP contribution in [0.2, 0.25) is 0 Å². The van der Waals surface area contributed by atoms with E-state index in [1.807, 2.05) is 65.6 Å². The number of amides is 5. The average molecular weight is 475 g/mol. The third-order valence-electron chi connectivity index (χ3n) is 7.34. The summed E-state index contributed by atoms with van der Waals surface area (Å²) in [7, 11) is 0. The quantitative estimate of drug-likeness (QED) is 0.652. The van der Waals surface area contributed by atoms with Crippen LogP contribution in [0.4, 0.5) is 4.79 Å². The first-order valence-corrected chi connectivity index (χ1v) is 12.4. The highest BCUT2D eigenvalue weighted by Crippen LogP contribution is 2.36. The average Bonchev–Trinajstić information content (AvgIpc) is 3.64. The van der Waals surface area contributed by atoms with Crippen LogP contribution in [0, 0.1) is 0 Å². The Labute approximate surface area is 204 Å². The lowest BCUT2D eigenvalue weighted by Crippen LogP contribution is -2.48. The number of likely N-dealkylation sites (tertiary alicyclic amines) is 2. The van der Waals surface area contributed by atoms with Crippen molar-refractivity contribution in [2.75, 3.05) is 26.2 Å². The molecule has 3 fully saturated rings. The molecule has 2 aromatic carbocycles. The van der Waals surface area contributed by atoms with Crippen LogP contribution in [0.15, 0.2) is 60.7 Å². The lowest BCUT2D eigenvalue weighted by atomic mass is 9.82. The number of hydrogen-bond donors (Lipinski definition) is 1. The van der Waals surface area contributed by atoms with Gasteiger partial charge in [0.25, 0.3) is 5.91 Å². The molecule has 3 aliphatic heterocycles. The summed E-state index contributed by atoms with van der Waals surface area (Å²) in [6, 6.07) is 17.3. The van der Waals surface area contributed by atoms with E-state index < -0.39 is 23.5 Å². The third-order valence-corrected chi connectivity index (χ3v) is 7.34. The number of carbonyl (C=O) groups is 4. The van der Waals surface area contributed by atoms with Gasteiger partial charge in [-0.25, -0.2) is 4.79 Å². The molecule has 1 atom stereocenters. The Morgan fingerprint density at radius 2 is 1.46 bits per heavy atom. The third kappa shape index (κ3) is 4.07. The maximum Gasteiger partial charge on any atom is 0.325 e. The van der Waals surface area contributed by atoms with Crippen molar-refractivity contribution in [1.82, 2.24) is 20.0 Å². The Bertz CT molecular complexity index is 1080. The van der Waals surface area contributed by atoms with Crippen molar-refractivity contribution in [2.45, 2.75) is 43.7 Å². The first kappa shape index (κ1) is 23.1. The van der Waals surface area contributed by atoms with Crippen molar-refractivity contribution in [1.29, 1.82) is 0 Å². The van der Waals surface area contributed by atoms with Gasteiger partial charge in [-0.2, -0.15) is 0 Å². The summed E-state index contributed by atoms with van der Waals surface area (Å²) in [6.07, 6.45) is 3.44. The zero-order chi connectivity index (χ0) is 24.4. The lowest BCUT2D eigenvalue weighted by Gasteiger charge is -2.29. The molecular weight excluding hydrogens is 444 g/mol. The molecule has 0 bridgehead atoms. The van der Waals surface area contributed by atoms with Crippen LogP contribution in [0.5, 0.6) is 0 Å². The molecule has 1 N–H and O–H groups in total. The molecule has 0 saturated carbocycles. The van der Waals surface area contributed by atoms with Crippen LogP contribution in [0.1, 0.15) is 43.2 Å². The van der Waals surface area contributed by atoms with Crippen LogP contribution in [-0.4, -0.2) is 70.7 Å². The second kappa shape index (κ2) is 9.52. The Kier molecular flexibility index (Phi) is 6.28. The molecule has 3 heterocycles. The summed E-state index contributed by atoms with van der Waals surface area (Å²) in [5.41, 5.74) is -0.0201. The Balaban J connectivity index is 1.33. The van der Waals surface area contributed by atoms with Gasteiger partial charge in [-0.1, -0.05) is 60.7 Å². The van der Waals surface area contributed by atoms with Crippen molar-refractivity contribution in [3.8, 4) is 0 Å². The van der Waals surface area contributed by atoms with Gasteiger partial charge < -0.3 is 15.1 Å². The van der Waals surface area contributed by atoms with Crippen LogP contribution < -0.4 is 5.32 Å². The molecule has 5 rings (SSSR count). The number of rotatable bonds is 6. The van der Waals surface area contributed by atoms with E-state index in [9.17, 15) is 19.2 Å². The van der Waals surface area contributed by atoms with E-state index in [-0.39, 0.29) is 24.8 Å². The predicted molar refractivity (Wildman–Crippen MR) is 129 cm³/mol. The fourth-order valence-corrected chi connectivity index (χ4v) is 5.53. The maximum atomic E-state index is 13.8. The number of urea groups is 1. The van der Waals surface area contributed by atoms with Gasteiger partial charge in [-0.15, -0.1) is 0 Å². The minimum atomic E-state index is -1.34. The molecule has 0 unspecified atom stereocenters. The van der Waals surface area contributed by atoms with Crippen LogP contribution in [0.25, 0.3) is 0 Å². The largest absolute Gasteiger partial charge is 0.341 e. The van der Waals surface area contributed by atoms with Gasteiger partial charge in [0.1, 0.15) is 6.04 Å². The normalized spacial score (nSPS) is 21.5. The highest BCUT2D eigenvalue weighted by molar-refractivity contribution is 6.09. The van der Waals surface area contributed by atoms with E-state index in [2.05, 4.69) is 5.32 Å². The van der Waals surface area contributed by atoms with Crippen molar-refractivity contribution < 1.29 is 19.2 Å². The van der Waals surface area contributed by atoms with Gasteiger partial charge >= 0.3 is 6.03 Å². The van der Waals surface area contributed by atoms with Crippen molar-refractivity contribution in [2.24, 2.45) is 0 Å². The zero-order valence-electron chi connectivity index (χ0n) is 19.7. The number of carbonyl (C=O) groups excluding carboxylic acids is 4. The van der Waals surface area contributed by atoms with Gasteiger partial charge in [-0.05, 0) is 36.8 Å². The van der Waals surface area contributed by atoms with E-state index in [0.717, 1.165) is 37.3 Å². The summed E-state index contributed by atoms with van der Waals surface area (Å²) in [5.74, 6) is -0.577. The summed E-state index contributed by atoms with van der Waals surface area (Å²) in [5, 5.41) is 2.91. The van der Waals surface area contributed by atoms with Gasteiger partial charge in [0.05, 0.1) is 0 Å². The monoisotopic (exact) mass is 474 g/mol. The fraction of sp³-hybridized carbons (Fsp3) is 0.407. The molecule has 8 heteroatoms. The van der Waals surface area contributed by atoms with Gasteiger partial charge in [-0.3, -0.25) is 19.3 Å². The molecule has 3 aliphatic rings. The van der Waals surface area contributed by atoms with Crippen LogP contribution >= 0.6 is 0 Å². The molecule has 2 aromatic rings. The minimum Gasteiger partial charge on any atom is -0.341 e. The number of benzene rings is 2. The van der Waals surface area contributed by atoms with E-state index in [1.54, 1.807) is 4.90 Å². The van der Waals surface area contributed by atoms with Crippen molar-refractivity contribution in [3.63, 3.8) is 0 Å². The molecule has 8 nitrogen and oxygen atoms in total. The summed E-state index contributed by atoms with van der Waals surface area (Å²) in [6.45, 7) is 2.00. The number of nitrogens with zero attached hydrogens (tertiary/aromatic N) is 3. The highest BCUT2D eigenvalue weighted by atomic mass is 16.2. The second-order valence-corrected chi connectivity index (χ2v) is 9.40. The first-order valence-electron chi connectivity index (χ1n) is 12.4. The standard InChI is InChI=1S/C27H30N4O4/c32-23(30-18-9-14-22(30)24(33)29-16-7-8-17-29)15-19-31-25(34)27(28-26(31)35,20-10-3-1-4-11-20)21-12-5-2-6-13-21/h1-6,10-13,22H,7-9,14-19H2,(H,28,35)/t22-/m0/s1. The van der Waals surface area contributed by atoms with E-state index >= 15 is 0 Å². The molecule has 0 radical (unpaired) electrons. The van der Waals surface area contributed by atoms with Crippen LogP contribution in [-0.2, 0) is 19.9 Å². The van der Waals surface area contributed by atoms with E-state index in [4.69, 9.17) is 0 Å². The zero-order valence-corrected chi connectivity index (χ0v) is 19.7. The Morgan fingerprint density at radius 1 is 0.857 bits per heavy atom. The fourth-order valence-electron chi connectivity index (χ4n) is 5.53. The molecule has 182 valence electrons. The Hall–Kier alpha value is -3.68. The van der Waals surface area contributed by atoms with E-state index in [0.29, 0.717) is 24.1 Å². The molecule has 0 aliphatic carbocycles. The first-order chi connectivity index (χ1) is 17.0. The van der Waals surface area contributed by atoms with Crippen LogP contribution in [0.3, 0.4) is 0 Å². The second-order valence-electron chi connectivity index (χ2n) is 9.40. The topological polar surface area (TPSA) is 90.0 Å². The van der Waals surface area contributed by atoms with Gasteiger partial charge in [0, 0.05) is 32.6 Å². The molecule has 0 aromatic heterocycles. The molecule has 0 spiro atoms. The number of nitrogens with one attached hydrogen (secondary N) is 1. The van der Waals surface area contributed by atoms with Crippen molar-refractivity contribution >= 4 is 23.8 Å². The number of imide groups is 1. The molecule has 3 saturated heterocycles. The van der Waals surface area contributed by atoms with Crippen molar-refractivity contribution in [3.05, 3.63) is 71.8 Å². The summed E-state index contributed by atoms with van der Waals surface area (Å²) < 4.78 is 0. The smallest absolute Gasteiger partial charge is 0.325 e. The SMILES string of the molecule is O=C([C@@H]1CCCN1C(=O)CCN1C(=O)NC(c2ccccc2)(c2ccccc2)C1=O)N1CCCC1. The molecule has 5 amide bonds. The maximum absolute atomic E-state index is 13.8. The van der Waals surface area contributed by atoms with Gasteiger partial charge in [0.15, 0.2) is 5.54 Å². The molecule has 35 heavy (non-hydrogen) atoms. The molecular formula is C27H30N4O4.